The maximum atomic E-state index is 15.7. The van der Waals surface area contributed by atoms with Crippen LogP contribution in [0.2, 0.25) is 5.04 Å². The molecule has 5 nitrogen and oxygen atoms in total. The zero-order valence-corrected chi connectivity index (χ0v) is 23.7. The fourth-order valence-corrected chi connectivity index (χ4v) is 10.2. The van der Waals surface area contributed by atoms with Crippen LogP contribution in [0.1, 0.15) is 45.7 Å². The summed E-state index contributed by atoms with van der Waals surface area (Å²) < 4.78 is 43.7. The smallest absolute Gasteiger partial charge is 0.261 e. The number of hydrogen-bond acceptors (Lipinski definition) is 5. The zero-order valence-electron chi connectivity index (χ0n) is 22.7. The molecule has 1 heterocycles. The van der Waals surface area contributed by atoms with Crippen LogP contribution in [0, 0.1) is 16.5 Å². The van der Waals surface area contributed by atoms with Gasteiger partial charge in [0.1, 0.15) is 6.54 Å². The van der Waals surface area contributed by atoms with Gasteiger partial charge in [-0.15, -0.1) is 0 Å². The lowest BCUT2D eigenvalue weighted by atomic mass is 10.0. The highest BCUT2D eigenvalue weighted by Crippen LogP contribution is 2.39. The van der Waals surface area contributed by atoms with E-state index in [0.29, 0.717) is 18.7 Å². The number of nitrogens with zero attached hydrogens (tertiary/aromatic N) is 2. The SMILES string of the molecule is C[C@@H]1CN(c2c(CO[Si](c3ccccc3)(c3ccccc3)C(C)(C)C)cc(CN=O)c(F)c2F)C[C@H](C)O1. The van der Waals surface area contributed by atoms with Crippen LogP contribution in [0.25, 0.3) is 0 Å². The lowest BCUT2D eigenvalue weighted by molar-refractivity contribution is -0.00553. The van der Waals surface area contributed by atoms with Crippen molar-refractivity contribution in [1.29, 1.82) is 0 Å². The summed E-state index contributed by atoms with van der Waals surface area (Å²) in [7, 11) is -2.94. The Labute approximate surface area is 224 Å². The third-order valence-corrected chi connectivity index (χ3v) is 12.1. The predicted molar refractivity (Wildman–Crippen MR) is 150 cm³/mol. The average molecular weight is 539 g/mol. The molecular formula is C30H36F2N2O3Si. The van der Waals surface area contributed by atoms with E-state index in [1.165, 1.54) is 6.07 Å². The van der Waals surface area contributed by atoms with E-state index in [2.05, 4.69) is 50.2 Å². The molecule has 1 aliphatic heterocycles. The number of rotatable bonds is 8. The Bertz CT molecular complexity index is 1200. The van der Waals surface area contributed by atoms with Crippen molar-refractivity contribution in [1.82, 2.24) is 0 Å². The molecule has 0 bridgehead atoms. The molecule has 0 spiro atoms. The normalized spacial score (nSPS) is 18.4. The summed E-state index contributed by atoms with van der Waals surface area (Å²) in [4.78, 5) is 12.9. The van der Waals surface area contributed by atoms with Crippen molar-refractivity contribution in [3.05, 3.63) is 94.4 Å². The van der Waals surface area contributed by atoms with E-state index in [9.17, 15) is 4.91 Å². The van der Waals surface area contributed by atoms with Gasteiger partial charge in [-0.3, -0.25) is 0 Å². The van der Waals surface area contributed by atoms with Crippen molar-refractivity contribution in [3.8, 4) is 0 Å². The molecule has 1 aliphatic rings. The Hall–Kier alpha value is -2.94. The van der Waals surface area contributed by atoms with Gasteiger partial charge in [-0.1, -0.05) is 86.6 Å². The van der Waals surface area contributed by atoms with Gasteiger partial charge in [0, 0.05) is 24.2 Å². The average Bonchev–Trinajstić information content (AvgIpc) is 2.87. The number of halogens is 2. The van der Waals surface area contributed by atoms with Gasteiger partial charge >= 0.3 is 0 Å². The first-order valence-corrected chi connectivity index (χ1v) is 14.9. The van der Waals surface area contributed by atoms with E-state index in [-0.39, 0.29) is 35.1 Å². The Morgan fingerprint density at radius 1 is 0.921 bits per heavy atom. The van der Waals surface area contributed by atoms with Crippen molar-refractivity contribution < 1.29 is 17.9 Å². The van der Waals surface area contributed by atoms with Gasteiger partial charge in [-0.25, -0.2) is 8.78 Å². The van der Waals surface area contributed by atoms with Gasteiger partial charge in [-0.05, 0) is 35.3 Å². The third kappa shape index (κ3) is 5.44. The van der Waals surface area contributed by atoms with Crippen LogP contribution in [0.15, 0.2) is 71.9 Å². The van der Waals surface area contributed by atoms with Crippen molar-refractivity contribution in [3.63, 3.8) is 0 Å². The lowest BCUT2D eigenvalue weighted by Gasteiger charge is -2.43. The summed E-state index contributed by atoms with van der Waals surface area (Å²) in [6.07, 6.45) is -0.300. The molecule has 4 rings (SSSR count). The van der Waals surface area contributed by atoms with Crippen LogP contribution in [0.4, 0.5) is 14.5 Å². The molecule has 3 aromatic carbocycles. The van der Waals surface area contributed by atoms with Gasteiger partial charge in [0.25, 0.3) is 8.32 Å². The molecule has 202 valence electrons. The van der Waals surface area contributed by atoms with Gasteiger partial charge < -0.3 is 14.1 Å². The fraction of sp³-hybridized carbons (Fsp3) is 0.400. The Kier molecular flexibility index (Phi) is 8.45. The first kappa shape index (κ1) is 28.1. The molecule has 0 saturated carbocycles. The minimum absolute atomic E-state index is 0.0474. The van der Waals surface area contributed by atoms with Crippen LogP contribution in [0.5, 0.6) is 0 Å². The number of nitroso groups, excluding NO2 is 1. The van der Waals surface area contributed by atoms with Crippen LogP contribution >= 0.6 is 0 Å². The van der Waals surface area contributed by atoms with Gasteiger partial charge in [0.05, 0.1) is 24.5 Å². The van der Waals surface area contributed by atoms with E-state index in [4.69, 9.17) is 9.16 Å². The highest BCUT2D eigenvalue weighted by Gasteiger charge is 2.50. The minimum Gasteiger partial charge on any atom is -0.403 e. The fourth-order valence-electron chi connectivity index (χ4n) is 5.67. The van der Waals surface area contributed by atoms with Crippen molar-refractivity contribution >= 4 is 24.4 Å². The molecule has 0 unspecified atom stereocenters. The summed E-state index contributed by atoms with van der Waals surface area (Å²) in [6, 6.07) is 21.8. The number of morpholine rings is 1. The van der Waals surface area contributed by atoms with Gasteiger partial charge in [0.2, 0.25) is 0 Å². The highest BCUT2D eigenvalue weighted by atomic mass is 28.4. The second kappa shape index (κ2) is 11.4. The Morgan fingerprint density at radius 3 is 1.92 bits per heavy atom. The van der Waals surface area contributed by atoms with Crippen LogP contribution in [-0.4, -0.2) is 33.6 Å². The molecule has 0 radical (unpaired) electrons. The van der Waals surface area contributed by atoms with E-state index in [0.717, 1.165) is 10.4 Å². The number of hydrogen-bond donors (Lipinski definition) is 0. The molecule has 0 aromatic heterocycles. The minimum atomic E-state index is -2.94. The molecule has 2 atom stereocenters. The molecule has 3 aromatic rings. The lowest BCUT2D eigenvalue weighted by Crippen LogP contribution is -2.66. The second-order valence-electron chi connectivity index (χ2n) is 11.1. The van der Waals surface area contributed by atoms with Crippen molar-refractivity contribution in [2.24, 2.45) is 5.18 Å². The van der Waals surface area contributed by atoms with Gasteiger partial charge in [0.15, 0.2) is 11.6 Å². The molecule has 8 heteroatoms. The molecule has 0 amide bonds. The second-order valence-corrected chi connectivity index (χ2v) is 15.4. The summed E-state index contributed by atoms with van der Waals surface area (Å²) in [5, 5.41) is 4.73. The number of anilines is 1. The van der Waals surface area contributed by atoms with E-state index >= 15 is 8.78 Å². The molecule has 38 heavy (non-hydrogen) atoms. The molecule has 0 aliphatic carbocycles. The van der Waals surface area contributed by atoms with Crippen molar-refractivity contribution in [2.75, 3.05) is 18.0 Å². The summed E-state index contributed by atoms with van der Waals surface area (Å²) in [5.74, 6) is -2.02. The molecule has 1 fully saturated rings. The zero-order chi connectivity index (χ0) is 27.5. The monoisotopic (exact) mass is 538 g/mol. The third-order valence-electron chi connectivity index (χ3n) is 7.17. The van der Waals surface area contributed by atoms with E-state index in [1.807, 2.05) is 55.1 Å². The van der Waals surface area contributed by atoms with Gasteiger partial charge in [-0.2, -0.15) is 4.91 Å². The van der Waals surface area contributed by atoms with Crippen molar-refractivity contribution in [2.45, 2.75) is 65.0 Å². The van der Waals surface area contributed by atoms with Crippen LogP contribution in [0.3, 0.4) is 0 Å². The van der Waals surface area contributed by atoms with E-state index in [1.54, 1.807) is 0 Å². The molecule has 0 N–H and O–H groups in total. The summed E-state index contributed by atoms with van der Waals surface area (Å²) >= 11 is 0. The largest absolute Gasteiger partial charge is 0.403 e. The quantitative estimate of drug-likeness (QED) is 0.264. The molecule has 1 saturated heterocycles. The summed E-state index contributed by atoms with van der Waals surface area (Å²) in [5.41, 5.74) is 0.588. The Morgan fingerprint density at radius 2 is 1.45 bits per heavy atom. The number of benzene rings is 3. The predicted octanol–water partition coefficient (Wildman–Crippen LogP) is 5.92. The van der Waals surface area contributed by atoms with E-state index < -0.39 is 26.5 Å². The first-order chi connectivity index (χ1) is 18.1. The maximum absolute atomic E-state index is 15.7. The Balaban J connectivity index is 1.87. The summed E-state index contributed by atoms with van der Waals surface area (Å²) in [6.45, 7) is 10.8. The maximum Gasteiger partial charge on any atom is 0.261 e. The number of ether oxygens (including phenoxy) is 1. The molecular weight excluding hydrogens is 502 g/mol. The van der Waals surface area contributed by atoms with Crippen LogP contribution in [-0.2, 0) is 22.3 Å². The van der Waals surface area contributed by atoms with Crippen LogP contribution < -0.4 is 15.3 Å². The topological polar surface area (TPSA) is 51.1 Å². The highest BCUT2D eigenvalue weighted by molar-refractivity contribution is 6.99. The first-order valence-electron chi connectivity index (χ1n) is 13.0. The standard InChI is InChI=1S/C30H36F2N2O3Si/c1-21-18-34(19-22(2)37-21)29-24(16-23(17-33-35)27(31)28(29)32)20-36-38(30(3,4)5,25-12-8-6-9-13-25)26-14-10-7-11-15-26/h6-16,21-22H,17-20H2,1-5H3/t21-,22+.